The number of amides is 1. The van der Waals surface area contributed by atoms with E-state index in [-0.39, 0.29) is 18.0 Å². The first-order valence-corrected chi connectivity index (χ1v) is 4.60. The molecule has 2 heterocycles. The van der Waals surface area contributed by atoms with E-state index in [0.29, 0.717) is 6.42 Å². The standard InChI is InChI=1S/C9H14N4O/c1-12-8(14)5-6(10)9(12)7-3-4-11-13(7)2/h3-4,6,9H,5,10H2,1-2H3/t6-,9-/m1/s1. The Morgan fingerprint density at radius 3 is 2.71 bits per heavy atom. The second kappa shape index (κ2) is 3.09. The minimum Gasteiger partial charge on any atom is -0.336 e. The second-order valence-corrected chi connectivity index (χ2v) is 3.70. The van der Waals surface area contributed by atoms with E-state index in [0.717, 1.165) is 5.69 Å². The van der Waals surface area contributed by atoms with Crippen LogP contribution in [0.3, 0.4) is 0 Å². The lowest BCUT2D eigenvalue weighted by Crippen LogP contribution is -2.31. The van der Waals surface area contributed by atoms with E-state index in [1.54, 1.807) is 22.8 Å². The van der Waals surface area contributed by atoms with Crippen molar-refractivity contribution in [1.82, 2.24) is 14.7 Å². The van der Waals surface area contributed by atoms with Crippen LogP contribution in [0.4, 0.5) is 0 Å². The van der Waals surface area contributed by atoms with Gasteiger partial charge in [0.25, 0.3) is 0 Å². The monoisotopic (exact) mass is 194 g/mol. The van der Waals surface area contributed by atoms with Crippen molar-refractivity contribution in [2.24, 2.45) is 12.8 Å². The zero-order chi connectivity index (χ0) is 10.3. The Bertz CT molecular complexity index is 359. The molecule has 0 saturated carbocycles. The minimum absolute atomic E-state index is 0.0324. The van der Waals surface area contributed by atoms with Crippen LogP contribution in [-0.2, 0) is 11.8 Å². The van der Waals surface area contributed by atoms with Crippen molar-refractivity contribution in [3.63, 3.8) is 0 Å². The fraction of sp³-hybridized carbons (Fsp3) is 0.556. The molecule has 1 aliphatic heterocycles. The van der Waals surface area contributed by atoms with Crippen LogP contribution in [0.5, 0.6) is 0 Å². The van der Waals surface area contributed by atoms with Gasteiger partial charge in [0.1, 0.15) is 0 Å². The fourth-order valence-electron chi connectivity index (χ4n) is 1.99. The van der Waals surface area contributed by atoms with Crippen molar-refractivity contribution < 1.29 is 4.79 Å². The smallest absolute Gasteiger partial charge is 0.224 e. The van der Waals surface area contributed by atoms with Gasteiger partial charge in [-0.05, 0) is 6.07 Å². The summed E-state index contributed by atoms with van der Waals surface area (Å²) in [4.78, 5) is 13.1. The summed E-state index contributed by atoms with van der Waals surface area (Å²) < 4.78 is 1.76. The number of hydrogen-bond acceptors (Lipinski definition) is 3. The van der Waals surface area contributed by atoms with Crippen LogP contribution >= 0.6 is 0 Å². The molecule has 1 saturated heterocycles. The van der Waals surface area contributed by atoms with E-state index in [9.17, 15) is 4.79 Å². The van der Waals surface area contributed by atoms with Crippen molar-refractivity contribution in [3.05, 3.63) is 18.0 Å². The first-order valence-electron chi connectivity index (χ1n) is 4.60. The van der Waals surface area contributed by atoms with Gasteiger partial charge in [-0.2, -0.15) is 5.10 Å². The first-order chi connectivity index (χ1) is 6.61. The van der Waals surface area contributed by atoms with Crippen LogP contribution in [0.1, 0.15) is 18.2 Å². The maximum atomic E-state index is 11.4. The first kappa shape index (κ1) is 9.21. The number of likely N-dealkylation sites (tertiary alicyclic amines) is 1. The summed E-state index contributed by atoms with van der Waals surface area (Å²) >= 11 is 0. The molecule has 5 heteroatoms. The number of rotatable bonds is 1. The van der Waals surface area contributed by atoms with Gasteiger partial charge in [-0.15, -0.1) is 0 Å². The molecule has 0 spiro atoms. The maximum Gasteiger partial charge on any atom is 0.224 e. The number of nitrogens with two attached hydrogens (primary N) is 1. The zero-order valence-corrected chi connectivity index (χ0v) is 8.34. The molecule has 0 unspecified atom stereocenters. The molecule has 0 aromatic carbocycles. The molecule has 1 aliphatic rings. The average Bonchev–Trinajstić information content (AvgIpc) is 2.60. The number of carbonyl (C=O) groups excluding carboxylic acids is 1. The highest BCUT2D eigenvalue weighted by Crippen LogP contribution is 2.29. The Balaban J connectivity index is 2.35. The third kappa shape index (κ3) is 1.21. The lowest BCUT2D eigenvalue weighted by atomic mass is 10.1. The number of aromatic nitrogens is 2. The largest absolute Gasteiger partial charge is 0.336 e. The molecule has 1 fully saturated rings. The molecule has 2 N–H and O–H groups in total. The van der Waals surface area contributed by atoms with Gasteiger partial charge in [-0.3, -0.25) is 9.48 Å². The Labute approximate surface area is 82.5 Å². The number of nitrogens with zero attached hydrogens (tertiary/aromatic N) is 3. The summed E-state index contributed by atoms with van der Waals surface area (Å²) in [5.41, 5.74) is 6.91. The summed E-state index contributed by atoms with van der Waals surface area (Å²) in [7, 11) is 3.64. The number of likely N-dealkylation sites (N-methyl/N-ethyl adjacent to an activating group) is 1. The van der Waals surface area contributed by atoms with E-state index in [2.05, 4.69) is 5.10 Å². The van der Waals surface area contributed by atoms with Crippen molar-refractivity contribution in [3.8, 4) is 0 Å². The third-order valence-corrected chi connectivity index (χ3v) is 2.79. The zero-order valence-electron chi connectivity index (χ0n) is 8.34. The number of aryl methyl sites for hydroxylation is 1. The van der Waals surface area contributed by atoms with Gasteiger partial charge in [-0.25, -0.2) is 0 Å². The van der Waals surface area contributed by atoms with Gasteiger partial charge < -0.3 is 10.6 Å². The Morgan fingerprint density at radius 2 is 2.29 bits per heavy atom. The highest BCUT2D eigenvalue weighted by atomic mass is 16.2. The van der Waals surface area contributed by atoms with E-state index < -0.39 is 0 Å². The topological polar surface area (TPSA) is 64.2 Å². The van der Waals surface area contributed by atoms with Crippen molar-refractivity contribution in [2.45, 2.75) is 18.5 Å². The number of hydrogen-bond donors (Lipinski definition) is 1. The minimum atomic E-state index is -0.122. The van der Waals surface area contributed by atoms with E-state index in [4.69, 9.17) is 5.73 Å². The highest BCUT2D eigenvalue weighted by molar-refractivity contribution is 5.79. The van der Waals surface area contributed by atoms with Crippen LogP contribution in [0.2, 0.25) is 0 Å². The van der Waals surface area contributed by atoms with Gasteiger partial charge in [0.2, 0.25) is 5.91 Å². The summed E-state index contributed by atoms with van der Waals surface area (Å²) in [6.45, 7) is 0. The summed E-state index contributed by atoms with van der Waals surface area (Å²) in [6.07, 6.45) is 2.14. The molecule has 1 aromatic heterocycles. The molecule has 0 bridgehead atoms. The second-order valence-electron chi connectivity index (χ2n) is 3.70. The van der Waals surface area contributed by atoms with E-state index in [1.807, 2.05) is 13.1 Å². The fourth-order valence-corrected chi connectivity index (χ4v) is 1.99. The van der Waals surface area contributed by atoms with Crippen LogP contribution in [0.25, 0.3) is 0 Å². The maximum absolute atomic E-state index is 11.4. The van der Waals surface area contributed by atoms with Crippen molar-refractivity contribution in [1.29, 1.82) is 0 Å². The third-order valence-electron chi connectivity index (χ3n) is 2.79. The summed E-state index contributed by atoms with van der Waals surface area (Å²) in [5, 5.41) is 4.08. The van der Waals surface area contributed by atoms with Crippen molar-refractivity contribution in [2.75, 3.05) is 7.05 Å². The Kier molecular flexibility index (Phi) is 2.03. The normalized spacial score (nSPS) is 27.4. The highest BCUT2D eigenvalue weighted by Gasteiger charge is 2.37. The Hall–Kier alpha value is -1.36. The molecule has 76 valence electrons. The Morgan fingerprint density at radius 1 is 1.57 bits per heavy atom. The van der Waals surface area contributed by atoms with Crippen LogP contribution in [0, 0.1) is 0 Å². The van der Waals surface area contributed by atoms with E-state index in [1.165, 1.54) is 0 Å². The lowest BCUT2D eigenvalue weighted by Gasteiger charge is -2.22. The molecule has 2 atom stereocenters. The molecule has 0 aliphatic carbocycles. The molecular weight excluding hydrogens is 180 g/mol. The lowest BCUT2D eigenvalue weighted by molar-refractivity contribution is -0.127. The molecular formula is C9H14N4O. The molecule has 5 nitrogen and oxygen atoms in total. The summed E-state index contributed by atoms with van der Waals surface area (Å²) in [6, 6.07) is 1.75. The molecule has 14 heavy (non-hydrogen) atoms. The molecule has 1 aromatic rings. The average molecular weight is 194 g/mol. The quantitative estimate of drug-likeness (QED) is 0.664. The molecule has 2 rings (SSSR count). The van der Waals surface area contributed by atoms with Gasteiger partial charge in [0, 0.05) is 32.8 Å². The van der Waals surface area contributed by atoms with Crippen molar-refractivity contribution >= 4 is 5.91 Å². The van der Waals surface area contributed by atoms with Crippen LogP contribution in [0.15, 0.2) is 12.3 Å². The van der Waals surface area contributed by atoms with Crippen LogP contribution in [-0.4, -0.2) is 33.7 Å². The SMILES string of the molecule is CN1C(=O)C[C@@H](N)[C@@H]1c1ccnn1C. The van der Waals surface area contributed by atoms with Gasteiger partial charge in [0.15, 0.2) is 0 Å². The van der Waals surface area contributed by atoms with Gasteiger partial charge >= 0.3 is 0 Å². The van der Waals surface area contributed by atoms with Gasteiger partial charge in [0.05, 0.1) is 11.7 Å². The molecule has 1 amide bonds. The van der Waals surface area contributed by atoms with E-state index >= 15 is 0 Å². The molecule has 0 radical (unpaired) electrons. The van der Waals surface area contributed by atoms with Crippen LogP contribution < -0.4 is 5.73 Å². The summed E-state index contributed by atoms with van der Waals surface area (Å²) in [5.74, 6) is 0.101. The predicted molar refractivity (Wildman–Crippen MR) is 51.3 cm³/mol. The van der Waals surface area contributed by atoms with Gasteiger partial charge in [-0.1, -0.05) is 0 Å². The number of carbonyl (C=O) groups is 1. The predicted octanol–water partition coefficient (Wildman–Crippen LogP) is -0.349.